The number of nitrogens with zero attached hydrogens (tertiary/aromatic N) is 7. The summed E-state index contributed by atoms with van der Waals surface area (Å²) in [5.41, 5.74) is 11.5. The van der Waals surface area contributed by atoms with Gasteiger partial charge in [-0.25, -0.2) is 24.3 Å². The van der Waals surface area contributed by atoms with E-state index in [-0.39, 0.29) is 40.7 Å². The molecule has 10 atom stereocenters. The smallest absolute Gasteiger partial charge is 0.382 e. The Morgan fingerprint density at radius 3 is 2.52 bits per heavy atom. The maximum absolute atomic E-state index is 15.9. The molecule has 0 saturated carbocycles. The van der Waals surface area contributed by atoms with Crippen LogP contribution < -0.4 is 22.1 Å². The van der Waals surface area contributed by atoms with Crippen molar-refractivity contribution in [2.75, 3.05) is 31.8 Å². The molecule has 0 aliphatic carbocycles. The van der Waals surface area contributed by atoms with E-state index >= 15 is 4.39 Å². The number of alkyl halides is 1. The molecule has 3 aliphatic heterocycles. The van der Waals surface area contributed by atoms with Gasteiger partial charge >= 0.3 is 16.4 Å². The first-order chi connectivity index (χ1) is 21.2. The van der Waals surface area contributed by atoms with Gasteiger partial charge in [0.15, 0.2) is 47.4 Å². The van der Waals surface area contributed by atoms with Gasteiger partial charge in [-0.2, -0.15) is 4.98 Å². The molecular formula is C21H24FN11O9P2+2. The van der Waals surface area contributed by atoms with Crippen LogP contribution in [0.4, 0.5) is 16.2 Å². The van der Waals surface area contributed by atoms with E-state index < -0.39 is 77.7 Å². The largest absolute Gasteiger partial charge is 0.698 e. The molecule has 44 heavy (non-hydrogen) atoms. The van der Waals surface area contributed by atoms with Crippen LogP contribution in [0.5, 0.6) is 0 Å². The number of anilines is 2. The number of ether oxygens (including phenoxy) is 3. The van der Waals surface area contributed by atoms with Crippen molar-refractivity contribution in [1.29, 1.82) is 0 Å². The van der Waals surface area contributed by atoms with Crippen LogP contribution in [0.15, 0.2) is 23.8 Å². The summed E-state index contributed by atoms with van der Waals surface area (Å²) in [7, 11) is -4.24. The van der Waals surface area contributed by atoms with Crippen molar-refractivity contribution in [3.05, 3.63) is 29.3 Å². The highest BCUT2D eigenvalue weighted by Gasteiger charge is 2.56. The molecule has 3 fully saturated rings. The molecule has 4 aromatic heterocycles. The predicted octanol–water partition coefficient (Wildman–Crippen LogP) is -0.0232. The summed E-state index contributed by atoms with van der Waals surface area (Å²) in [6.45, 7) is -0.768. The summed E-state index contributed by atoms with van der Waals surface area (Å²) in [5, 5.41) is 2.61. The highest BCUT2D eigenvalue weighted by Crippen LogP contribution is 2.43. The topological polar surface area (TPSA) is 261 Å². The Labute approximate surface area is 246 Å². The van der Waals surface area contributed by atoms with E-state index in [4.69, 9.17) is 39.2 Å². The number of rotatable bonds is 3. The molecule has 232 valence electrons. The number of nitrogens with two attached hydrogens (primary N) is 2. The molecule has 0 spiro atoms. The number of methoxy groups -OCH3 is 1. The number of aromatic nitrogens is 8. The van der Waals surface area contributed by atoms with Gasteiger partial charge in [-0.15, -0.1) is 13.6 Å². The summed E-state index contributed by atoms with van der Waals surface area (Å²) in [5.74, 6) is -0.0752. The van der Waals surface area contributed by atoms with Gasteiger partial charge < -0.3 is 25.7 Å². The molecule has 2 bridgehead atoms. The van der Waals surface area contributed by atoms with Crippen molar-refractivity contribution in [3.8, 4) is 0 Å². The van der Waals surface area contributed by atoms with Crippen molar-refractivity contribution in [3.63, 3.8) is 0 Å². The number of hydrogen-bond acceptors (Lipinski definition) is 16. The summed E-state index contributed by atoms with van der Waals surface area (Å²) in [6.07, 6.45) is -4.56. The van der Waals surface area contributed by atoms with Crippen LogP contribution in [0, 0.1) is 0 Å². The number of aromatic amines is 1. The Kier molecular flexibility index (Phi) is 7.51. The van der Waals surface area contributed by atoms with E-state index in [1.54, 1.807) is 0 Å². The van der Waals surface area contributed by atoms with E-state index in [0.717, 1.165) is 0 Å². The van der Waals surface area contributed by atoms with Crippen LogP contribution in [-0.2, 0) is 36.9 Å². The van der Waals surface area contributed by atoms with Gasteiger partial charge in [0.05, 0.1) is 12.7 Å². The fourth-order valence-electron chi connectivity index (χ4n) is 5.45. The number of H-pyrrole nitrogens is 1. The van der Waals surface area contributed by atoms with Crippen LogP contribution in [-0.4, -0.2) is 96.0 Å². The fourth-order valence-corrected chi connectivity index (χ4v) is 7.11. The molecule has 4 aromatic rings. The average molecular weight is 655 g/mol. The van der Waals surface area contributed by atoms with Crippen molar-refractivity contribution in [2.24, 2.45) is 0 Å². The Balaban J connectivity index is 1.17. The first kappa shape index (κ1) is 29.1. The second-order valence-corrected chi connectivity index (χ2v) is 11.9. The fraction of sp³-hybridized carbons (Fsp3) is 0.524. The third-order valence-corrected chi connectivity index (χ3v) is 9.10. The minimum atomic E-state index is -2.90. The molecule has 10 unspecified atom stereocenters. The highest BCUT2D eigenvalue weighted by molar-refractivity contribution is 7.36. The van der Waals surface area contributed by atoms with Crippen LogP contribution in [0.2, 0.25) is 0 Å². The van der Waals surface area contributed by atoms with Gasteiger partial charge in [-0.1, -0.05) is 5.09 Å². The SMILES string of the molecule is COC1C2CO[P+](=O)NC3C(CO[P+](=O)OC1C(n1cnc4c(=O)[nH]c(N)nc41)O2)OC(n1cnc2c(N)ncnc21)C3F. The van der Waals surface area contributed by atoms with Crippen molar-refractivity contribution in [1.82, 2.24) is 44.1 Å². The first-order valence-corrected chi connectivity index (χ1v) is 15.3. The lowest BCUT2D eigenvalue weighted by atomic mass is 10.1. The van der Waals surface area contributed by atoms with Crippen LogP contribution in [0.3, 0.4) is 0 Å². The number of fused-ring (bicyclic) bond motifs is 5. The lowest BCUT2D eigenvalue weighted by Gasteiger charge is -2.18. The second kappa shape index (κ2) is 11.4. The Morgan fingerprint density at radius 1 is 1.00 bits per heavy atom. The number of hydrogen-bond donors (Lipinski definition) is 4. The molecule has 7 rings (SSSR count). The van der Waals surface area contributed by atoms with E-state index in [9.17, 15) is 13.9 Å². The van der Waals surface area contributed by atoms with Crippen molar-refractivity contribution in [2.45, 2.75) is 49.1 Å². The zero-order valence-corrected chi connectivity index (χ0v) is 24.3. The van der Waals surface area contributed by atoms with Gasteiger partial charge in [-0.05, 0) is 4.57 Å². The molecule has 20 nitrogen and oxygen atoms in total. The first-order valence-electron chi connectivity index (χ1n) is 13.0. The van der Waals surface area contributed by atoms with Gasteiger partial charge in [0.2, 0.25) is 5.95 Å². The third-order valence-electron chi connectivity index (χ3n) is 7.44. The summed E-state index contributed by atoms with van der Waals surface area (Å²) < 4.78 is 79.2. The minimum Gasteiger partial charge on any atom is -0.382 e. The Morgan fingerprint density at radius 2 is 1.73 bits per heavy atom. The molecule has 0 radical (unpaired) electrons. The Hall–Kier alpha value is -3.65. The third kappa shape index (κ3) is 4.91. The lowest BCUT2D eigenvalue weighted by Crippen LogP contribution is -2.41. The van der Waals surface area contributed by atoms with E-state index in [2.05, 4.69) is 35.0 Å². The molecule has 23 heteroatoms. The molecule has 7 heterocycles. The number of imidazole rings is 2. The number of nitrogen functional groups attached to an aromatic ring is 2. The quantitative estimate of drug-likeness (QED) is 0.211. The monoisotopic (exact) mass is 655 g/mol. The van der Waals surface area contributed by atoms with Crippen LogP contribution in [0.25, 0.3) is 22.3 Å². The average Bonchev–Trinajstić information content (AvgIpc) is 3.75. The van der Waals surface area contributed by atoms with Crippen LogP contribution in [0.1, 0.15) is 12.5 Å². The maximum Gasteiger partial charge on any atom is 0.698 e. The van der Waals surface area contributed by atoms with Gasteiger partial charge in [0.1, 0.15) is 49.4 Å². The normalized spacial score (nSPS) is 33.2. The maximum atomic E-state index is 15.9. The molecule has 0 aromatic carbocycles. The minimum absolute atomic E-state index is 0.0305. The van der Waals surface area contributed by atoms with Gasteiger partial charge in [0, 0.05) is 11.7 Å². The summed E-state index contributed by atoms with van der Waals surface area (Å²) in [6, 6.07) is -1.24. The molecule has 3 saturated heterocycles. The van der Waals surface area contributed by atoms with Gasteiger partial charge in [-0.3, -0.25) is 18.9 Å². The van der Waals surface area contributed by atoms with Crippen molar-refractivity contribution < 1.29 is 41.3 Å². The zero-order valence-electron chi connectivity index (χ0n) is 22.5. The second-order valence-electron chi connectivity index (χ2n) is 9.93. The van der Waals surface area contributed by atoms with E-state index in [1.165, 1.54) is 35.2 Å². The van der Waals surface area contributed by atoms with Crippen molar-refractivity contribution >= 4 is 50.5 Å². The van der Waals surface area contributed by atoms with E-state index in [1.807, 2.05) is 0 Å². The molecule has 6 N–H and O–H groups in total. The molecule has 0 amide bonds. The summed E-state index contributed by atoms with van der Waals surface area (Å²) >= 11 is 0. The molecule has 3 aliphatic rings. The molecular weight excluding hydrogens is 631 g/mol. The Bertz CT molecular complexity index is 1820. The van der Waals surface area contributed by atoms with E-state index in [0.29, 0.717) is 0 Å². The number of halogens is 1. The highest BCUT2D eigenvalue weighted by atomic mass is 31.1. The van der Waals surface area contributed by atoms with Crippen LogP contribution >= 0.6 is 16.4 Å². The standard InChI is InChI=1S/C21H23FN11O9P2/c1-37-13-8-3-38-43(35)31-10-7(40-19(9(10)22)32-5-27-11-15(23)25-4-26-16(11)32)2-39-44(36)42-14(13)20(41-8)33-6-28-12-17(33)29-21(24)30-18(12)34/h4-10,13-14,19-20H,2-3H2,1H3,(H5-,23,24,25,26,29,30,31,34,35)/q+1/p+1. The van der Waals surface area contributed by atoms with Gasteiger partial charge in [0.25, 0.3) is 5.56 Å². The number of nitrogens with one attached hydrogen (secondary N) is 2. The summed E-state index contributed by atoms with van der Waals surface area (Å²) in [4.78, 5) is 35.0. The lowest BCUT2D eigenvalue weighted by molar-refractivity contribution is -0.0496. The predicted molar refractivity (Wildman–Crippen MR) is 145 cm³/mol. The zero-order chi connectivity index (χ0) is 30.7.